The fourth-order valence-electron chi connectivity index (χ4n) is 1.73. The van der Waals surface area contributed by atoms with Gasteiger partial charge in [0.05, 0.1) is 7.11 Å². The number of methoxy groups -OCH3 is 1. The van der Waals surface area contributed by atoms with Crippen LogP contribution >= 0.6 is 0 Å². The van der Waals surface area contributed by atoms with Gasteiger partial charge in [-0.05, 0) is 23.8 Å². The van der Waals surface area contributed by atoms with Crippen molar-refractivity contribution in [2.24, 2.45) is 0 Å². The Morgan fingerprint density at radius 2 is 1.94 bits per heavy atom. The monoisotopic (exact) mass is 246 g/mol. The molecule has 0 aliphatic rings. The first-order valence-corrected chi connectivity index (χ1v) is 5.29. The van der Waals surface area contributed by atoms with Gasteiger partial charge in [-0.25, -0.2) is 9.18 Å². The molecule has 0 amide bonds. The highest BCUT2D eigenvalue weighted by Gasteiger charge is 2.13. The van der Waals surface area contributed by atoms with E-state index in [9.17, 15) is 9.18 Å². The zero-order valence-corrected chi connectivity index (χ0v) is 9.68. The van der Waals surface area contributed by atoms with Crippen LogP contribution in [0.2, 0.25) is 0 Å². The van der Waals surface area contributed by atoms with E-state index >= 15 is 0 Å². The predicted molar refractivity (Wildman–Crippen MR) is 65.3 cm³/mol. The van der Waals surface area contributed by atoms with E-state index in [1.165, 1.54) is 25.3 Å². The van der Waals surface area contributed by atoms with Crippen LogP contribution in [-0.2, 0) is 0 Å². The van der Waals surface area contributed by atoms with E-state index in [1.807, 2.05) is 0 Å². The highest BCUT2D eigenvalue weighted by atomic mass is 19.1. The van der Waals surface area contributed by atoms with Gasteiger partial charge < -0.3 is 9.84 Å². The Labute approximate surface area is 103 Å². The van der Waals surface area contributed by atoms with Crippen molar-refractivity contribution in [2.45, 2.75) is 0 Å². The summed E-state index contributed by atoms with van der Waals surface area (Å²) >= 11 is 0. The largest absolute Gasteiger partial charge is 0.496 e. The second kappa shape index (κ2) is 4.87. The zero-order chi connectivity index (χ0) is 13.1. The van der Waals surface area contributed by atoms with Gasteiger partial charge >= 0.3 is 5.97 Å². The summed E-state index contributed by atoms with van der Waals surface area (Å²) in [5.41, 5.74) is 1.04. The minimum Gasteiger partial charge on any atom is -0.496 e. The maximum atomic E-state index is 13.6. The molecule has 0 atom stereocenters. The molecule has 0 saturated carbocycles. The van der Waals surface area contributed by atoms with E-state index in [1.54, 1.807) is 24.3 Å². The third kappa shape index (κ3) is 2.18. The van der Waals surface area contributed by atoms with E-state index in [2.05, 4.69) is 0 Å². The second-order valence-corrected chi connectivity index (χ2v) is 3.70. The van der Waals surface area contributed by atoms with E-state index in [0.717, 1.165) is 0 Å². The van der Waals surface area contributed by atoms with Gasteiger partial charge in [0, 0.05) is 5.56 Å². The number of carbonyl (C=O) groups is 1. The lowest BCUT2D eigenvalue weighted by atomic mass is 10.0. The molecule has 0 spiro atoms. The summed E-state index contributed by atoms with van der Waals surface area (Å²) in [6, 6.07) is 10.8. The molecule has 18 heavy (non-hydrogen) atoms. The van der Waals surface area contributed by atoms with E-state index in [0.29, 0.717) is 11.1 Å². The van der Waals surface area contributed by atoms with Crippen molar-refractivity contribution >= 4 is 5.97 Å². The third-order valence-corrected chi connectivity index (χ3v) is 2.62. The Morgan fingerprint density at radius 1 is 1.22 bits per heavy atom. The lowest BCUT2D eigenvalue weighted by molar-refractivity contribution is 0.0693. The van der Waals surface area contributed by atoms with Crippen LogP contribution in [0.1, 0.15) is 10.4 Å². The van der Waals surface area contributed by atoms with Gasteiger partial charge in [-0.2, -0.15) is 0 Å². The lowest BCUT2D eigenvalue weighted by Gasteiger charge is -2.08. The number of carboxylic acid groups (broad SMARTS) is 1. The molecule has 0 unspecified atom stereocenters. The summed E-state index contributed by atoms with van der Waals surface area (Å²) in [4.78, 5) is 10.9. The third-order valence-electron chi connectivity index (χ3n) is 2.62. The second-order valence-electron chi connectivity index (χ2n) is 3.70. The van der Waals surface area contributed by atoms with Crippen molar-refractivity contribution in [1.29, 1.82) is 0 Å². The van der Waals surface area contributed by atoms with Crippen molar-refractivity contribution in [1.82, 2.24) is 0 Å². The normalized spacial score (nSPS) is 10.1. The molecule has 0 aliphatic heterocycles. The molecule has 2 rings (SSSR count). The molecular weight excluding hydrogens is 235 g/mol. The molecular formula is C14H11FO3. The molecule has 1 N–H and O–H groups in total. The van der Waals surface area contributed by atoms with Gasteiger partial charge in [0.1, 0.15) is 17.1 Å². The molecule has 2 aromatic carbocycles. The Hall–Kier alpha value is -2.36. The fourth-order valence-corrected chi connectivity index (χ4v) is 1.73. The van der Waals surface area contributed by atoms with Gasteiger partial charge in [-0.1, -0.05) is 24.3 Å². The Balaban J connectivity index is 2.55. The molecule has 0 aliphatic carbocycles. The number of ether oxygens (including phenoxy) is 1. The number of carboxylic acids is 1. The van der Waals surface area contributed by atoms with Crippen LogP contribution in [0.5, 0.6) is 5.75 Å². The standard InChI is InChI=1S/C14H11FO3/c1-18-13-8-9(6-7-11(13)14(16)17)10-4-2-3-5-12(10)15/h2-8H,1H3,(H,16,17). The summed E-state index contributed by atoms with van der Waals surface area (Å²) in [7, 11) is 1.38. The SMILES string of the molecule is COc1cc(-c2ccccc2F)ccc1C(=O)O. The summed E-state index contributed by atoms with van der Waals surface area (Å²) in [5.74, 6) is -1.22. The van der Waals surface area contributed by atoms with E-state index in [-0.39, 0.29) is 17.1 Å². The minimum atomic E-state index is -1.08. The molecule has 0 heterocycles. The maximum absolute atomic E-state index is 13.6. The predicted octanol–water partition coefficient (Wildman–Crippen LogP) is 3.20. The summed E-state index contributed by atoms with van der Waals surface area (Å²) in [6.45, 7) is 0. The molecule has 0 saturated heterocycles. The molecule has 4 heteroatoms. The first-order chi connectivity index (χ1) is 8.63. The molecule has 3 nitrogen and oxygen atoms in total. The number of hydrogen-bond donors (Lipinski definition) is 1. The molecule has 0 bridgehead atoms. The van der Waals surface area contributed by atoms with Gasteiger partial charge in [0.2, 0.25) is 0 Å². The van der Waals surface area contributed by atoms with Crippen molar-refractivity contribution in [2.75, 3.05) is 7.11 Å². The Morgan fingerprint density at radius 3 is 2.56 bits per heavy atom. The van der Waals surface area contributed by atoms with Crippen LogP contribution in [0.3, 0.4) is 0 Å². The summed E-state index contributed by atoms with van der Waals surface area (Å²) in [6.07, 6.45) is 0. The van der Waals surface area contributed by atoms with E-state index in [4.69, 9.17) is 9.84 Å². The van der Waals surface area contributed by atoms with Gasteiger partial charge in [0.15, 0.2) is 0 Å². The molecule has 0 aromatic heterocycles. The number of halogens is 1. The van der Waals surface area contributed by atoms with Crippen molar-refractivity contribution < 1.29 is 19.0 Å². The van der Waals surface area contributed by atoms with Crippen molar-refractivity contribution in [3.05, 3.63) is 53.8 Å². The summed E-state index contributed by atoms with van der Waals surface area (Å²) < 4.78 is 18.6. The molecule has 92 valence electrons. The minimum absolute atomic E-state index is 0.0533. The van der Waals surface area contributed by atoms with Crippen LogP contribution in [0, 0.1) is 5.82 Å². The average molecular weight is 246 g/mol. The zero-order valence-electron chi connectivity index (χ0n) is 9.68. The number of aromatic carboxylic acids is 1. The highest BCUT2D eigenvalue weighted by Crippen LogP contribution is 2.28. The van der Waals surface area contributed by atoms with Crippen molar-refractivity contribution in [3.63, 3.8) is 0 Å². The first-order valence-electron chi connectivity index (χ1n) is 5.29. The topological polar surface area (TPSA) is 46.5 Å². The molecule has 0 radical (unpaired) electrons. The van der Waals surface area contributed by atoms with Crippen LogP contribution < -0.4 is 4.74 Å². The van der Waals surface area contributed by atoms with E-state index < -0.39 is 5.97 Å². The van der Waals surface area contributed by atoms with Crippen LogP contribution in [0.15, 0.2) is 42.5 Å². The number of benzene rings is 2. The molecule has 0 fully saturated rings. The van der Waals surface area contributed by atoms with Gasteiger partial charge in [-0.3, -0.25) is 0 Å². The van der Waals surface area contributed by atoms with Crippen LogP contribution in [0.4, 0.5) is 4.39 Å². The van der Waals surface area contributed by atoms with Gasteiger partial charge in [-0.15, -0.1) is 0 Å². The quantitative estimate of drug-likeness (QED) is 0.904. The molecule has 2 aromatic rings. The fraction of sp³-hybridized carbons (Fsp3) is 0.0714. The van der Waals surface area contributed by atoms with Crippen molar-refractivity contribution in [3.8, 4) is 16.9 Å². The maximum Gasteiger partial charge on any atom is 0.339 e. The summed E-state index contributed by atoms with van der Waals surface area (Å²) in [5, 5.41) is 8.96. The Bertz CT molecular complexity index is 593. The van der Waals surface area contributed by atoms with Crippen LogP contribution in [-0.4, -0.2) is 18.2 Å². The number of rotatable bonds is 3. The average Bonchev–Trinajstić information content (AvgIpc) is 2.38. The highest BCUT2D eigenvalue weighted by molar-refractivity contribution is 5.92. The number of hydrogen-bond acceptors (Lipinski definition) is 2. The van der Waals surface area contributed by atoms with Crippen LogP contribution in [0.25, 0.3) is 11.1 Å². The smallest absolute Gasteiger partial charge is 0.339 e. The first kappa shape index (κ1) is 12.1. The van der Waals surface area contributed by atoms with Gasteiger partial charge in [0.25, 0.3) is 0 Å². The lowest BCUT2D eigenvalue weighted by Crippen LogP contribution is -2.00. The Kier molecular flexibility index (Phi) is 3.28.